The van der Waals surface area contributed by atoms with Crippen LogP contribution in [0.15, 0.2) is 18.2 Å². The van der Waals surface area contributed by atoms with Crippen LogP contribution in [0.1, 0.15) is 10.4 Å². The lowest BCUT2D eigenvalue weighted by atomic mass is 10.2. The summed E-state index contributed by atoms with van der Waals surface area (Å²) in [4.78, 5) is 10.3. The molecule has 57 valence electrons. The summed E-state index contributed by atoms with van der Waals surface area (Å²) < 4.78 is 24.5. The highest BCUT2D eigenvalue weighted by atomic mass is 19.2. The summed E-state index contributed by atoms with van der Waals surface area (Å²) in [6, 6.07) is 2.58. The third kappa shape index (κ3) is 1.52. The summed E-state index contributed by atoms with van der Waals surface area (Å²) >= 11 is 0. The van der Waals surface area contributed by atoms with Gasteiger partial charge in [-0.05, 0) is 18.2 Å². The molecule has 0 unspecified atom stereocenters. The molecule has 1 aromatic rings. The molecular formula is C7H4F2NO. The molecule has 0 saturated heterocycles. The van der Waals surface area contributed by atoms with E-state index in [1.165, 1.54) is 0 Å². The molecule has 0 aliphatic carbocycles. The van der Waals surface area contributed by atoms with E-state index in [4.69, 9.17) is 5.73 Å². The van der Waals surface area contributed by atoms with Crippen LogP contribution in [0.25, 0.3) is 0 Å². The number of hydrogen-bond acceptors (Lipinski definition) is 1. The second-order valence-corrected chi connectivity index (χ2v) is 1.96. The van der Waals surface area contributed by atoms with Crippen LogP contribution in [0.2, 0.25) is 0 Å². The molecule has 1 aromatic carbocycles. The number of amides is 1. The topological polar surface area (TPSA) is 40.9 Å². The largest absolute Gasteiger partial charge is 0.269 e. The zero-order valence-electron chi connectivity index (χ0n) is 5.40. The minimum absolute atomic E-state index is 0.149. The van der Waals surface area contributed by atoms with Gasteiger partial charge in [-0.1, -0.05) is 0 Å². The van der Waals surface area contributed by atoms with Crippen LogP contribution in [0, 0.1) is 11.6 Å². The molecule has 0 aromatic heterocycles. The molecule has 0 spiro atoms. The summed E-state index contributed by atoms with van der Waals surface area (Å²) in [5.74, 6) is -3.15. The van der Waals surface area contributed by atoms with Crippen molar-refractivity contribution in [2.75, 3.05) is 0 Å². The number of nitrogens with one attached hydrogen (secondary N) is 1. The molecule has 0 saturated carbocycles. The van der Waals surface area contributed by atoms with Gasteiger partial charge in [0.25, 0.3) is 5.91 Å². The van der Waals surface area contributed by atoms with E-state index in [0.29, 0.717) is 6.07 Å². The van der Waals surface area contributed by atoms with Crippen molar-refractivity contribution in [2.45, 2.75) is 0 Å². The van der Waals surface area contributed by atoms with Crippen molar-refractivity contribution in [1.82, 2.24) is 5.73 Å². The van der Waals surface area contributed by atoms with Crippen molar-refractivity contribution in [3.05, 3.63) is 35.4 Å². The molecule has 1 radical (unpaired) electrons. The lowest BCUT2D eigenvalue weighted by Gasteiger charge is -1.94. The molecule has 2 nitrogen and oxygen atoms in total. The van der Waals surface area contributed by atoms with Crippen LogP contribution in [0.3, 0.4) is 0 Å². The predicted octanol–water partition coefficient (Wildman–Crippen LogP) is 1.39. The summed E-state index contributed by atoms with van der Waals surface area (Å²) in [6.07, 6.45) is 0. The second kappa shape index (κ2) is 2.65. The van der Waals surface area contributed by atoms with Crippen molar-refractivity contribution in [1.29, 1.82) is 0 Å². The monoisotopic (exact) mass is 156 g/mol. The highest BCUT2D eigenvalue weighted by Crippen LogP contribution is 2.07. The third-order valence-corrected chi connectivity index (χ3v) is 1.18. The maximum absolute atomic E-state index is 12.3. The Hall–Kier alpha value is -1.45. The zero-order valence-corrected chi connectivity index (χ0v) is 5.40. The highest BCUT2D eigenvalue weighted by Gasteiger charge is 2.05. The van der Waals surface area contributed by atoms with Gasteiger partial charge >= 0.3 is 0 Å². The highest BCUT2D eigenvalue weighted by molar-refractivity contribution is 5.92. The standard InChI is InChI=1S/C7H4F2NO/c8-5-2-1-4(7(10)11)3-6(5)9/h1-3,10H. The lowest BCUT2D eigenvalue weighted by molar-refractivity contribution is 0.0991. The Morgan fingerprint density at radius 1 is 1.27 bits per heavy atom. The first kappa shape index (κ1) is 7.65. The number of carbonyl (C=O) groups is 1. The molecule has 4 heteroatoms. The molecule has 11 heavy (non-hydrogen) atoms. The molecule has 0 atom stereocenters. The van der Waals surface area contributed by atoms with Gasteiger partial charge in [-0.15, -0.1) is 0 Å². The fourth-order valence-corrected chi connectivity index (χ4v) is 0.637. The average molecular weight is 156 g/mol. The normalized spacial score (nSPS) is 9.64. The van der Waals surface area contributed by atoms with E-state index in [-0.39, 0.29) is 5.56 Å². The molecule has 0 bridgehead atoms. The molecule has 0 fully saturated rings. The SMILES string of the molecule is [NH]C(=O)c1ccc(F)c(F)c1. The molecule has 0 aliphatic heterocycles. The van der Waals surface area contributed by atoms with Crippen LogP contribution >= 0.6 is 0 Å². The first-order valence-corrected chi connectivity index (χ1v) is 2.82. The van der Waals surface area contributed by atoms with Gasteiger partial charge in [0, 0.05) is 5.56 Å². The first-order valence-electron chi connectivity index (χ1n) is 2.82. The Morgan fingerprint density at radius 3 is 2.36 bits per heavy atom. The van der Waals surface area contributed by atoms with E-state index in [9.17, 15) is 13.6 Å². The van der Waals surface area contributed by atoms with Crippen molar-refractivity contribution in [2.24, 2.45) is 0 Å². The van der Waals surface area contributed by atoms with Gasteiger partial charge in [0.2, 0.25) is 0 Å². The molecule has 0 heterocycles. The van der Waals surface area contributed by atoms with Crippen LogP contribution in [-0.2, 0) is 0 Å². The predicted molar refractivity (Wildman–Crippen MR) is 33.8 cm³/mol. The number of hydrogen-bond donors (Lipinski definition) is 0. The van der Waals surface area contributed by atoms with Crippen molar-refractivity contribution in [3.8, 4) is 0 Å². The Labute approximate surface area is 61.6 Å². The van der Waals surface area contributed by atoms with E-state index in [2.05, 4.69) is 0 Å². The smallest absolute Gasteiger partial charge is 0.267 e. The Morgan fingerprint density at radius 2 is 1.91 bits per heavy atom. The van der Waals surface area contributed by atoms with Crippen LogP contribution in [0.5, 0.6) is 0 Å². The molecule has 1 N–H and O–H groups in total. The first-order chi connectivity index (χ1) is 5.11. The summed E-state index contributed by atoms with van der Waals surface area (Å²) in [5.41, 5.74) is 6.41. The second-order valence-electron chi connectivity index (χ2n) is 1.96. The van der Waals surface area contributed by atoms with Gasteiger partial charge in [0.1, 0.15) is 0 Å². The maximum atomic E-state index is 12.3. The van der Waals surface area contributed by atoms with Gasteiger partial charge in [0.15, 0.2) is 11.6 Å². The fraction of sp³-hybridized carbons (Fsp3) is 0. The van der Waals surface area contributed by atoms with Crippen LogP contribution in [-0.4, -0.2) is 5.91 Å². The fourth-order valence-electron chi connectivity index (χ4n) is 0.637. The number of halogens is 2. The van der Waals surface area contributed by atoms with Crippen molar-refractivity contribution in [3.63, 3.8) is 0 Å². The van der Waals surface area contributed by atoms with Crippen molar-refractivity contribution >= 4 is 5.91 Å². The maximum Gasteiger partial charge on any atom is 0.269 e. The number of benzene rings is 1. The number of carbonyl (C=O) groups excluding carboxylic acids is 1. The quantitative estimate of drug-likeness (QED) is 0.605. The van der Waals surface area contributed by atoms with E-state index < -0.39 is 17.5 Å². The Balaban J connectivity index is 3.15. The van der Waals surface area contributed by atoms with Crippen molar-refractivity contribution < 1.29 is 13.6 Å². The zero-order chi connectivity index (χ0) is 8.43. The Bertz CT molecular complexity index is 298. The van der Waals surface area contributed by atoms with E-state index in [1.54, 1.807) is 0 Å². The third-order valence-electron chi connectivity index (χ3n) is 1.18. The summed E-state index contributed by atoms with van der Waals surface area (Å²) in [5, 5.41) is 0. The minimum Gasteiger partial charge on any atom is -0.267 e. The number of rotatable bonds is 1. The van der Waals surface area contributed by atoms with E-state index in [1.807, 2.05) is 0 Å². The Kier molecular flexibility index (Phi) is 1.85. The summed E-state index contributed by atoms with van der Waals surface area (Å²) in [6.45, 7) is 0. The van der Waals surface area contributed by atoms with Gasteiger partial charge in [-0.2, -0.15) is 0 Å². The van der Waals surface area contributed by atoms with Gasteiger partial charge in [-0.3, -0.25) is 10.5 Å². The van der Waals surface area contributed by atoms with Crippen LogP contribution in [0.4, 0.5) is 8.78 Å². The molecule has 1 rings (SSSR count). The average Bonchev–Trinajstić information content (AvgIpc) is 1.94. The van der Waals surface area contributed by atoms with Gasteiger partial charge in [-0.25, -0.2) is 8.78 Å². The molecule has 1 amide bonds. The van der Waals surface area contributed by atoms with E-state index >= 15 is 0 Å². The van der Waals surface area contributed by atoms with Gasteiger partial charge in [0.05, 0.1) is 0 Å². The van der Waals surface area contributed by atoms with Gasteiger partial charge < -0.3 is 0 Å². The lowest BCUT2D eigenvalue weighted by Crippen LogP contribution is -1.99. The van der Waals surface area contributed by atoms with E-state index in [0.717, 1.165) is 12.1 Å². The van der Waals surface area contributed by atoms with Crippen LogP contribution < -0.4 is 5.73 Å². The molecular weight excluding hydrogens is 152 g/mol. The minimum atomic E-state index is -1.11. The molecule has 0 aliphatic rings. The summed E-state index contributed by atoms with van der Waals surface area (Å²) in [7, 11) is 0.